The van der Waals surface area contributed by atoms with Crippen LogP contribution in [0, 0.1) is 6.92 Å². The molecule has 5 rings (SSSR count). The normalized spacial score (nSPS) is 11.0. The minimum Gasteiger partial charge on any atom is -0.355 e. The molecule has 5 aromatic rings. The molecule has 0 amide bonds. The monoisotopic (exact) mass is 360 g/mol. The molecule has 28 heavy (non-hydrogen) atoms. The van der Waals surface area contributed by atoms with Crippen LogP contribution in [-0.4, -0.2) is 4.98 Å². The Hall–Kier alpha value is -3.65. The van der Waals surface area contributed by atoms with E-state index < -0.39 is 0 Å². The van der Waals surface area contributed by atoms with Gasteiger partial charge in [-0.25, -0.2) is 0 Å². The Bertz CT molecular complexity index is 1280. The van der Waals surface area contributed by atoms with Crippen molar-refractivity contribution in [1.82, 2.24) is 4.98 Å². The van der Waals surface area contributed by atoms with Gasteiger partial charge in [0.1, 0.15) is 0 Å². The predicted molar refractivity (Wildman–Crippen MR) is 119 cm³/mol. The number of anilines is 2. The van der Waals surface area contributed by atoms with Gasteiger partial charge in [-0.15, -0.1) is 0 Å². The van der Waals surface area contributed by atoms with Crippen molar-refractivity contribution >= 4 is 32.9 Å². The summed E-state index contributed by atoms with van der Waals surface area (Å²) in [6.45, 7) is 2.10. The fourth-order valence-electron chi connectivity index (χ4n) is 3.74. The van der Waals surface area contributed by atoms with Gasteiger partial charge in [0, 0.05) is 28.5 Å². The Balaban J connectivity index is 1.79. The number of benzene rings is 4. The number of nitrogens with one attached hydrogen (secondary N) is 1. The Labute approximate surface area is 164 Å². The third kappa shape index (κ3) is 2.89. The first-order chi connectivity index (χ1) is 13.8. The maximum atomic E-state index is 4.80. The molecule has 1 heterocycles. The van der Waals surface area contributed by atoms with Gasteiger partial charge >= 0.3 is 0 Å². The molecule has 0 saturated heterocycles. The largest absolute Gasteiger partial charge is 0.355 e. The van der Waals surface area contributed by atoms with Gasteiger partial charge in [-0.05, 0) is 47.3 Å². The van der Waals surface area contributed by atoms with E-state index in [-0.39, 0.29) is 0 Å². The van der Waals surface area contributed by atoms with Gasteiger partial charge in [0.25, 0.3) is 0 Å². The first-order valence-corrected chi connectivity index (χ1v) is 9.49. The average molecular weight is 360 g/mol. The van der Waals surface area contributed by atoms with Crippen LogP contribution in [0.3, 0.4) is 0 Å². The molecule has 0 unspecified atom stereocenters. The van der Waals surface area contributed by atoms with Crippen molar-refractivity contribution in [3.8, 4) is 11.3 Å². The second-order valence-corrected chi connectivity index (χ2v) is 7.08. The van der Waals surface area contributed by atoms with Gasteiger partial charge in [0.05, 0.1) is 5.69 Å². The zero-order chi connectivity index (χ0) is 18.9. The molecule has 1 aromatic heterocycles. The van der Waals surface area contributed by atoms with Crippen molar-refractivity contribution in [2.75, 3.05) is 5.32 Å². The van der Waals surface area contributed by atoms with Crippen molar-refractivity contribution in [3.05, 3.63) is 103 Å². The summed E-state index contributed by atoms with van der Waals surface area (Å²) in [6, 6.07) is 31.8. The number of hydrogen-bond acceptors (Lipinski definition) is 2. The second-order valence-electron chi connectivity index (χ2n) is 7.08. The summed E-state index contributed by atoms with van der Waals surface area (Å²) >= 11 is 0. The lowest BCUT2D eigenvalue weighted by atomic mass is 9.96. The SMILES string of the molecule is Cc1ccc(Nc2ccc3ccccc3c2-c2nccc3ccccc23)cc1. The molecule has 2 nitrogen and oxygen atoms in total. The van der Waals surface area contributed by atoms with E-state index in [1.807, 2.05) is 6.20 Å². The summed E-state index contributed by atoms with van der Waals surface area (Å²) in [7, 11) is 0. The Kier molecular flexibility index (Phi) is 4.02. The van der Waals surface area contributed by atoms with Crippen LogP contribution < -0.4 is 5.32 Å². The van der Waals surface area contributed by atoms with Crippen LogP contribution in [0.1, 0.15) is 5.56 Å². The number of aromatic nitrogens is 1. The molecule has 0 aliphatic carbocycles. The van der Waals surface area contributed by atoms with Crippen LogP contribution in [0.5, 0.6) is 0 Å². The van der Waals surface area contributed by atoms with E-state index >= 15 is 0 Å². The van der Waals surface area contributed by atoms with Crippen LogP contribution in [0.4, 0.5) is 11.4 Å². The van der Waals surface area contributed by atoms with E-state index in [9.17, 15) is 0 Å². The van der Waals surface area contributed by atoms with E-state index in [4.69, 9.17) is 4.98 Å². The molecule has 0 bridgehead atoms. The highest BCUT2D eigenvalue weighted by molar-refractivity contribution is 6.08. The highest BCUT2D eigenvalue weighted by Gasteiger charge is 2.14. The average Bonchev–Trinajstić information content (AvgIpc) is 2.75. The molecule has 0 spiro atoms. The quantitative estimate of drug-likeness (QED) is 0.371. The fourth-order valence-corrected chi connectivity index (χ4v) is 3.74. The number of hydrogen-bond donors (Lipinski definition) is 1. The van der Waals surface area contributed by atoms with Crippen molar-refractivity contribution in [2.24, 2.45) is 0 Å². The maximum Gasteiger partial charge on any atom is 0.0807 e. The van der Waals surface area contributed by atoms with Gasteiger partial charge in [-0.3, -0.25) is 4.98 Å². The van der Waals surface area contributed by atoms with Crippen molar-refractivity contribution in [1.29, 1.82) is 0 Å². The van der Waals surface area contributed by atoms with Gasteiger partial charge in [-0.1, -0.05) is 72.3 Å². The smallest absolute Gasteiger partial charge is 0.0807 e. The molecular formula is C26H20N2. The number of rotatable bonds is 3. The molecule has 1 N–H and O–H groups in total. The Morgan fingerprint density at radius 2 is 1.32 bits per heavy atom. The fraction of sp³-hybridized carbons (Fsp3) is 0.0385. The standard InChI is InChI=1S/C26H20N2/c1-18-10-13-21(14-11-18)28-24-15-12-19-6-2-4-8-22(19)25(24)26-23-9-5-3-7-20(23)16-17-27-26/h2-17,28H,1H3. The number of aryl methyl sites for hydroxylation is 1. The van der Waals surface area contributed by atoms with E-state index in [0.29, 0.717) is 0 Å². The molecule has 4 aromatic carbocycles. The summed E-state index contributed by atoms with van der Waals surface area (Å²) in [5.74, 6) is 0. The van der Waals surface area contributed by atoms with E-state index in [1.54, 1.807) is 0 Å². The molecule has 2 heteroatoms. The highest BCUT2D eigenvalue weighted by Crippen LogP contribution is 2.39. The van der Waals surface area contributed by atoms with Crippen LogP contribution in [0.2, 0.25) is 0 Å². The lowest BCUT2D eigenvalue weighted by Gasteiger charge is -2.16. The summed E-state index contributed by atoms with van der Waals surface area (Å²) in [5.41, 5.74) is 5.52. The zero-order valence-electron chi connectivity index (χ0n) is 15.7. The minimum absolute atomic E-state index is 1.00. The van der Waals surface area contributed by atoms with Gasteiger partial charge in [0.15, 0.2) is 0 Å². The zero-order valence-corrected chi connectivity index (χ0v) is 15.7. The summed E-state index contributed by atoms with van der Waals surface area (Å²) in [6.07, 6.45) is 1.90. The van der Waals surface area contributed by atoms with Crippen LogP contribution in [0.25, 0.3) is 32.8 Å². The molecular weight excluding hydrogens is 340 g/mol. The predicted octanol–water partition coefficient (Wildman–Crippen LogP) is 7.11. The number of nitrogens with zero attached hydrogens (tertiary/aromatic N) is 1. The summed E-state index contributed by atoms with van der Waals surface area (Å²) < 4.78 is 0. The third-order valence-corrected chi connectivity index (χ3v) is 5.17. The molecule has 0 atom stereocenters. The van der Waals surface area contributed by atoms with Crippen molar-refractivity contribution < 1.29 is 0 Å². The number of pyridine rings is 1. The molecule has 0 aliphatic rings. The molecule has 0 saturated carbocycles. The van der Waals surface area contributed by atoms with Gasteiger partial charge < -0.3 is 5.32 Å². The Morgan fingerprint density at radius 1 is 0.643 bits per heavy atom. The molecule has 134 valence electrons. The summed E-state index contributed by atoms with van der Waals surface area (Å²) in [4.78, 5) is 4.80. The lowest BCUT2D eigenvalue weighted by Crippen LogP contribution is -1.96. The lowest BCUT2D eigenvalue weighted by molar-refractivity contribution is 1.36. The highest BCUT2D eigenvalue weighted by atomic mass is 14.9. The minimum atomic E-state index is 1.00. The summed E-state index contributed by atoms with van der Waals surface area (Å²) in [5, 5.41) is 8.38. The van der Waals surface area contributed by atoms with Gasteiger partial charge in [0.2, 0.25) is 0 Å². The first kappa shape index (κ1) is 16.5. The van der Waals surface area contributed by atoms with E-state index in [2.05, 4.69) is 103 Å². The maximum absolute atomic E-state index is 4.80. The molecule has 0 aliphatic heterocycles. The van der Waals surface area contributed by atoms with Gasteiger partial charge in [-0.2, -0.15) is 0 Å². The van der Waals surface area contributed by atoms with E-state index in [1.165, 1.54) is 21.7 Å². The van der Waals surface area contributed by atoms with Crippen molar-refractivity contribution in [2.45, 2.75) is 6.92 Å². The Morgan fingerprint density at radius 3 is 2.11 bits per heavy atom. The number of fused-ring (bicyclic) bond motifs is 2. The second kappa shape index (κ2) is 6.82. The molecule has 0 fully saturated rings. The topological polar surface area (TPSA) is 24.9 Å². The van der Waals surface area contributed by atoms with Crippen molar-refractivity contribution in [3.63, 3.8) is 0 Å². The van der Waals surface area contributed by atoms with Crippen LogP contribution in [0.15, 0.2) is 97.2 Å². The molecule has 0 radical (unpaired) electrons. The van der Waals surface area contributed by atoms with E-state index in [0.717, 1.165) is 28.0 Å². The van der Waals surface area contributed by atoms with Crippen LogP contribution in [-0.2, 0) is 0 Å². The first-order valence-electron chi connectivity index (χ1n) is 9.49. The third-order valence-electron chi connectivity index (χ3n) is 5.17. The van der Waals surface area contributed by atoms with Crippen LogP contribution >= 0.6 is 0 Å².